The molecule has 0 amide bonds. The highest BCUT2D eigenvalue weighted by Gasteiger charge is 2.24. The summed E-state index contributed by atoms with van der Waals surface area (Å²) in [6.45, 7) is 0. The number of halogens is 1. The molecule has 0 spiro atoms. The smallest absolute Gasteiger partial charge is 0.160 e. The molecule has 5 aromatic rings. The van der Waals surface area contributed by atoms with Crippen molar-refractivity contribution in [2.45, 2.75) is 18.5 Å². The molecule has 2 aromatic carbocycles. The number of benzene rings is 2. The van der Waals surface area contributed by atoms with Gasteiger partial charge in [-0.2, -0.15) is 0 Å². The first kappa shape index (κ1) is 21.3. The lowest BCUT2D eigenvalue weighted by molar-refractivity contribution is 0.537. The molecule has 0 fully saturated rings. The number of aromatic nitrogens is 3. The summed E-state index contributed by atoms with van der Waals surface area (Å²) in [4.78, 5) is 13.8. The zero-order chi connectivity index (χ0) is 22.8. The number of fused-ring (bicyclic) bond motifs is 1. The molecule has 0 saturated carbocycles. The molecule has 3 heterocycles. The zero-order valence-corrected chi connectivity index (χ0v) is 18.5. The number of hydrogen-bond acceptors (Lipinski definition) is 6. The van der Waals surface area contributed by atoms with Crippen LogP contribution in [-0.2, 0) is 6.42 Å². The van der Waals surface area contributed by atoms with Gasteiger partial charge in [-0.05, 0) is 41.8 Å². The average Bonchev–Trinajstić information content (AvgIpc) is 3.29. The molecule has 2 unspecified atom stereocenters. The van der Waals surface area contributed by atoms with E-state index in [4.69, 9.17) is 21.4 Å². The Morgan fingerprint density at radius 3 is 2.30 bits per heavy atom. The fourth-order valence-corrected chi connectivity index (χ4v) is 4.90. The second-order valence-corrected chi connectivity index (χ2v) is 8.76. The molecule has 7 heteroatoms. The van der Waals surface area contributed by atoms with E-state index in [0.717, 1.165) is 32.5 Å². The SMILES string of the molecule is NC(Cc1ccccc1)C(N)c1nc(-c2ccncc2)nc2c(-c3ccc(F)cc3)csc12. The van der Waals surface area contributed by atoms with Gasteiger partial charge >= 0.3 is 0 Å². The van der Waals surface area contributed by atoms with Crippen LogP contribution in [0.4, 0.5) is 4.39 Å². The number of thiophene rings is 1. The van der Waals surface area contributed by atoms with Crippen LogP contribution in [0.3, 0.4) is 0 Å². The van der Waals surface area contributed by atoms with Gasteiger partial charge in [0.25, 0.3) is 0 Å². The van der Waals surface area contributed by atoms with E-state index < -0.39 is 6.04 Å². The third-order valence-corrected chi connectivity index (χ3v) is 6.62. The summed E-state index contributed by atoms with van der Waals surface area (Å²) in [5.41, 5.74) is 18.5. The van der Waals surface area contributed by atoms with Crippen molar-refractivity contribution < 1.29 is 4.39 Å². The summed E-state index contributed by atoms with van der Waals surface area (Å²) in [6, 6.07) is 19.4. The zero-order valence-electron chi connectivity index (χ0n) is 17.7. The molecule has 4 N–H and O–H groups in total. The van der Waals surface area contributed by atoms with Crippen LogP contribution in [0.5, 0.6) is 0 Å². The minimum atomic E-state index is -0.490. The topological polar surface area (TPSA) is 90.7 Å². The first-order chi connectivity index (χ1) is 16.1. The molecule has 2 atom stereocenters. The minimum absolute atomic E-state index is 0.278. The molecule has 164 valence electrons. The van der Waals surface area contributed by atoms with Gasteiger partial charge in [0.1, 0.15) is 5.82 Å². The standard InChI is InChI=1S/C26H22FN5S/c27-19-8-6-17(7-9-19)20-15-33-25-23(20)31-26(18-10-12-30-13-11-18)32-24(25)22(29)21(28)14-16-4-2-1-3-5-16/h1-13,15,21-22H,14,28-29H2. The molecule has 0 aliphatic heterocycles. The largest absolute Gasteiger partial charge is 0.326 e. The van der Waals surface area contributed by atoms with Gasteiger partial charge in [-0.3, -0.25) is 4.98 Å². The molecule has 5 nitrogen and oxygen atoms in total. The Bertz CT molecular complexity index is 1370. The number of pyridine rings is 1. The molecule has 0 aliphatic carbocycles. The summed E-state index contributed by atoms with van der Waals surface area (Å²) in [7, 11) is 0. The van der Waals surface area contributed by atoms with Crippen molar-refractivity contribution in [3.05, 3.63) is 102 Å². The highest BCUT2D eigenvalue weighted by molar-refractivity contribution is 7.17. The summed E-state index contributed by atoms with van der Waals surface area (Å²) < 4.78 is 14.4. The van der Waals surface area contributed by atoms with E-state index in [1.807, 2.05) is 47.8 Å². The Kier molecular flexibility index (Phi) is 5.92. The van der Waals surface area contributed by atoms with Crippen LogP contribution in [0.1, 0.15) is 17.3 Å². The maximum absolute atomic E-state index is 13.5. The molecule has 0 radical (unpaired) electrons. The van der Waals surface area contributed by atoms with Gasteiger partial charge in [0.15, 0.2) is 5.82 Å². The van der Waals surface area contributed by atoms with Gasteiger partial charge in [-0.25, -0.2) is 14.4 Å². The number of nitrogens with two attached hydrogens (primary N) is 2. The lowest BCUT2D eigenvalue weighted by atomic mass is 9.97. The molecule has 0 bridgehead atoms. The van der Waals surface area contributed by atoms with Crippen LogP contribution in [-0.4, -0.2) is 21.0 Å². The lowest BCUT2D eigenvalue weighted by Crippen LogP contribution is -2.36. The van der Waals surface area contributed by atoms with E-state index in [2.05, 4.69) is 4.98 Å². The third-order valence-electron chi connectivity index (χ3n) is 5.63. The summed E-state index contributed by atoms with van der Waals surface area (Å²) in [5, 5.41) is 2.02. The van der Waals surface area contributed by atoms with Crippen molar-refractivity contribution in [3.63, 3.8) is 0 Å². The van der Waals surface area contributed by atoms with Crippen molar-refractivity contribution >= 4 is 21.6 Å². The number of nitrogens with zero attached hydrogens (tertiary/aromatic N) is 3. The van der Waals surface area contributed by atoms with E-state index in [0.29, 0.717) is 17.9 Å². The van der Waals surface area contributed by atoms with Gasteiger partial charge in [-0.15, -0.1) is 11.3 Å². The quantitative estimate of drug-likeness (QED) is 0.370. The predicted octanol–water partition coefficient (Wildman–Crippen LogP) is 5.13. The van der Waals surface area contributed by atoms with Gasteiger partial charge in [0.05, 0.1) is 22.0 Å². The Labute approximate surface area is 195 Å². The Hall–Kier alpha value is -3.52. The Morgan fingerprint density at radius 2 is 1.58 bits per heavy atom. The summed E-state index contributed by atoms with van der Waals surface area (Å²) in [6.07, 6.45) is 4.05. The van der Waals surface area contributed by atoms with Gasteiger partial charge in [-0.1, -0.05) is 42.5 Å². The maximum Gasteiger partial charge on any atom is 0.160 e. The van der Waals surface area contributed by atoms with E-state index in [-0.39, 0.29) is 11.9 Å². The van der Waals surface area contributed by atoms with Gasteiger partial charge in [0.2, 0.25) is 0 Å². The number of hydrogen-bond donors (Lipinski definition) is 2. The van der Waals surface area contributed by atoms with Crippen LogP contribution >= 0.6 is 11.3 Å². The highest BCUT2D eigenvalue weighted by atomic mass is 32.1. The van der Waals surface area contributed by atoms with E-state index >= 15 is 0 Å². The molecular weight excluding hydrogens is 433 g/mol. The van der Waals surface area contributed by atoms with Crippen molar-refractivity contribution in [1.82, 2.24) is 15.0 Å². The van der Waals surface area contributed by atoms with Crippen molar-refractivity contribution in [1.29, 1.82) is 0 Å². The minimum Gasteiger partial charge on any atom is -0.326 e. The van der Waals surface area contributed by atoms with Crippen LogP contribution in [0.25, 0.3) is 32.7 Å². The van der Waals surface area contributed by atoms with E-state index in [1.54, 1.807) is 24.5 Å². The van der Waals surface area contributed by atoms with Crippen molar-refractivity contribution in [2.75, 3.05) is 0 Å². The third kappa shape index (κ3) is 4.39. The monoisotopic (exact) mass is 455 g/mol. The highest BCUT2D eigenvalue weighted by Crippen LogP contribution is 2.37. The van der Waals surface area contributed by atoms with E-state index in [1.165, 1.54) is 23.5 Å². The van der Waals surface area contributed by atoms with Crippen LogP contribution in [0.2, 0.25) is 0 Å². The average molecular weight is 456 g/mol. The molecule has 5 rings (SSSR count). The van der Waals surface area contributed by atoms with E-state index in [9.17, 15) is 4.39 Å². The summed E-state index contributed by atoms with van der Waals surface area (Å²) in [5.74, 6) is 0.281. The van der Waals surface area contributed by atoms with Crippen LogP contribution in [0.15, 0.2) is 84.5 Å². The molecular formula is C26H22FN5S. The van der Waals surface area contributed by atoms with Crippen LogP contribution < -0.4 is 11.5 Å². The first-order valence-electron chi connectivity index (χ1n) is 10.6. The number of rotatable bonds is 6. The normalized spacial score (nSPS) is 13.2. The molecule has 0 aliphatic rings. The maximum atomic E-state index is 13.5. The fraction of sp³-hybridized carbons (Fsp3) is 0.115. The first-order valence-corrected chi connectivity index (χ1v) is 11.5. The molecule has 3 aromatic heterocycles. The fourth-order valence-electron chi connectivity index (χ4n) is 3.85. The van der Waals surface area contributed by atoms with Gasteiger partial charge in [0, 0.05) is 34.9 Å². The molecule has 0 saturated heterocycles. The van der Waals surface area contributed by atoms with Crippen molar-refractivity contribution in [3.8, 4) is 22.5 Å². The molecule has 33 heavy (non-hydrogen) atoms. The van der Waals surface area contributed by atoms with Gasteiger partial charge < -0.3 is 11.5 Å². The predicted molar refractivity (Wildman–Crippen MR) is 131 cm³/mol. The second kappa shape index (κ2) is 9.15. The van der Waals surface area contributed by atoms with Crippen LogP contribution in [0, 0.1) is 5.82 Å². The lowest BCUT2D eigenvalue weighted by Gasteiger charge is -2.21. The Balaban J connectivity index is 1.63. The Morgan fingerprint density at radius 1 is 0.848 bits per heavy atom. The second-order valence-electron chi connectivity index (χ2n) is 7.88. The summed E-state index contributed by atoms with van der Waals surface area (Å²) >= 11 is 1.53. The van der Waals surface area contributed by atoms with Crippen molar-refractivity contribution in [2.24, 2.45) is 11.5 Å².